The molecule has 1 aromatic heterocycles. The van der Waals surface area contributed by atoms with Gasteiger partial charge in [-0.3, -0.25) is 4.79 Å². The van der Waals surface area contributed by atoms with Crippen molar-refractivity contribution < 1.29 is 4.79 Å². The lowest BCUT2D eigenvalue weighted by atomic mass is 9.92. The summed E-state index contributed by atoms with van der Waals surface area (Å²) in [7, 11) is 0. The molecule has 4 rings (SSSR count). The number of carbonyl (C=O) groups is 1. The third-order valence-corrected chi connectivity index (χ3v) is 5.29. The number of nitrogens with one attached hydrogen (secondary N) is 1. The zero-order chi connectivity index (χ0) is 16.5. The second-order valence-electron chi connectivity index (χ2n) is 6.94. The van der Waals surface area contributed by atoms with Crippen molar-refractivity contribution in [3.63, 3.8) is 0 Å². The molecule has 0 spiro atoms. The number of rotatable bonds is 2. The van der Waals surface area contributed by atoms with Crippen LogP contribution in [0.25, 0.3) is 5.69 Å². The molecule has 0 aliphatic carbocycles. The van der Waals surface area contributed by atoms with Crippen LogP contribution in [-0.4, -0.2) is 52.0 Å². The molecule has 0 unspecified atom stereocenters. The molecular weight excluding hydrogens is 338 g/mol. The van der Waals surface area contributed by atoms with E-state index in [2.05, 4.69) is 15.6 Å². The molecule has 3 heterocycles. The van der Waals surface area contributed by atoms with Crippen LogP contribution in [0.4, 0.5) is 0 Å². The maximum Gasteiger partial charge on any atom is 0.276 e. The van der Waals surface area contributed by atoms with Crippen LogP contribution >= 0.6 is 12.4 Å². The van der Waals surface area contributed by atoms with Gasteiger partial charge in [0, 0.05) is 13.1 Å². The minimum absolute atomic E-state index is 0. The lowest BCUT2D eigenvalue weighted by Gasteiger charge is -2.19. The van der Waals surface area contributed by atoms with Crippen molar-refractivity contribution >= 4 is 18.3 Å². The highest BCUT2D eigenvalue weighted by Gasteiger charge is 2.32. The van der Waals surface area contributed by atoms with E-state index in [-0.39, 0.29) is 18.3 Å². The number of benzene rings is 1. The molecule has 1 amide bonds. The van der Waals surface area contributed by atoms with E-state index in [4.69, 9.17) is 0 Å². The van der Waals surface area contributed by atoms with Crippen LogP contribution in [-0.2, 0) is 0 Å². The van der Waals surface area contributed by atoms with E-state index in [1.807, 2.05) is 36.1 Å². The summed E-state index contributed by atoms with van der Waals surface area (Å²) in [5, 5.41) is 11.7. The molecule has 0 bridgehead atoms. The lowest BCUT2D eigenvalue weighted by Crippen LogP contribution is -2.33. The van der Waals surface area contributed by atoms with Crippen molar-refractivity contribution in [2.45, 2.75) is 19.8 Å². The summed E-state index contributed by atoms with van der Waals surface area (Å²) in [6.07, 6.45) is 3.90. The maximum atomic E-state index is 12.8. The third-order valence-electron chi connectivity index (χ3n) is 5.29. The quantitative estimate of drug-likeness (QED) is 0.889. The summed E-state index contributed by atoms with van der Waals surface area (Å²) in [5.74, 6) is 1.43. The molecule has 2 aliphatic heterocycles. The van der Waals surface area contributed by atoms with Crippen LogP contribution in [0.2, 0.25) is 0 Å². The Kier molecular flexibility index (Phi) is 5.39. The van der Waals surface area contributed by atoms with E-state index in [1.54, 1.807) is 10.9 Å². The normalized spacial score (nSPS) is 22.8. The van der Waals surface area contributed by atoms with Gasteiger partial charge >= 0.3 is 0 Å². The highest BCUT2D eigenvalue weighted by atomic mass is 35.5. The van der Waals surface area contributed by atoms with Crippen LogP contribution in [0.15, 0.2) is 30.5 Å². The van der Waals surface area contributed by atoms with Crippen molar-refractivity contribution in [1.29, 1.82) is 0 Å². The largest absolute Gasteiger partial charge is 0.337 e. The number of aryl methyl sites for hydroxylation is 1. The SMILES string of the molecule is Cc1cccc(-n2cc(C(=O)N3CC[C@@H]4CNC[C@@H]4CC3)nn2)c1.Cl. The van der Waals surface area contributed by atoms with Crippen molar-refractivity contribution in [3.05, 3.63) is 41.7 Å². The molecule has 1 aromatic carbocycles. The van der Waals surface area contributed by atoms with E-state index < -0.39 is 0 Å². The maximum absolute atomic E-state index is 12.8. The number of amides is 1. The van der Waals surface area contributed by atoms with E-state index in [0.717, 1.165) is 50.3 Å². The topological polar surface area (TPSA) is 63.1 Å². The summed E-state index contributed by atoms with van der Waals surface area (Å²) in [5.41, 5.74) is 2.52. The fourth-order valence-electron chi connectivity index (χ4n) is 3.84. The Morgan fingerprint density at radius 1 is 1.20 bits per heavy atom. The fraction of sp³-hybridized carbons (Fsp3) is 0.500. The molecule has 1 N–H and O–H groups in total. The third kappa shape index (κ3) is 3.70. The van der Waals surface area contributed by atoms with Gasteiger partial charge in [-0.15, -0.1) is 17.5 Å². The fourth-order valence-corrected chi connectivity index (χ4v) is 3.84. The first-order valence-corrected chi connectivity index (χ1v) is 8.70. The molecule has 0 radical (unpaired) electrons. The lowest BCUT2D eigenvalue weighted by molar-refractivity contribution is 0.0752. The van der Waals surface area contributed by atoms with Gasteiger partial charge < -0.3 is 10.2 Å². The molecule has 25 heavy (non-hydrogen) atoms. The number of halogens is 1. The van der Waals surface area contributed by atoms with Gasteiger partial charge in [-0.05, 0) is 62.4 Å². The Hall–Kier alpha value is -1.92. The van der Waals surface area contributed by atoms with Gasteiger partial charge in [0.25, 0.3) is 5.91 Å². The number of aromatic nitrogens is 3. The Bertz CT molecular complexity index is 733. The number of nitrogens with zero attached hydrogens (tertiary/aromatic N) is 4. The molecule has 2 saturated heterocycles. The second kappa shape index (κ2) is 7.54. The van der Waals surface area contributed by atoms with E-state index >= 15 is 0 Å². The molecule has 2 aliphatic rings. The Morgan fingerprint density at radius 2 is 1.92 bits per heavy atom. The van der Waals surface area contributed by atoms with Gasteiger partial charge in [0.15, 0.2) is 5.69 Å². The minimum Gasteiger partial charge on any atom is -0.337 e. The van der Waals surface area contributed by atoms with Gasteiger partial charge in [0.05, 0.1) is 11.9 Å². The van der Waals surface area contributed by atoms with Crippen LogP contribution in [0.1, 0.15) is 28.9 Å². The first-order chi connectivity index (χ1) is 11.7. The van der Waals surface area contributed by atoms with E-state index in [0.29, 0.717) is 17.5 Å². The summed E-state index contributed by atoms with van der Waals surface area (Å²) in [6.45, 7) is 5.86. The van der Waals surface area contributed by atoms with Crippen molar-refractivity contribution in [3.8, 4) is 5.69 Å². The summed E-state index contributed by atoms with van der Waals surface area (Å²) in [6, 6.07) is 8.02. The zero-order valence-corrected chi connectivity index (χ0v) is 15.2. The number of hydrogen-bond donors (Lipinski definition) is 1. The predicted octanol–water partition coefficient (Wildman–Crippen LogP) is 2.07. The molecule has 2 aromatic rings. The summed E-state index contributed by atoms with van der Waals surface area (Å²) in [4.78, 5) is 14.7. The average Bonchev–Trinajstić information content (AvgIpc) is 3.20. The highest BCUT2D eigenvalue weighted by molar-refractivity contribution is 5.92. The Labute approximate surface area is 154 Å². The van der Waals surface area contributed by atoms with Crippen molar-refractivity contribution in [2.24, 2.45) is 11.8 Å². The first kappa shape index (κ1) is 17.9. The first-order valence-electron chi connectivity index (χ1n) is 8.70. The summed E-state index contributed by atoms with van der Waals surface area (Å²) < 4.78 is 1.68. The van der Waals surface area contributed by atoms with Crippen LogP contribution in [0.3, 0.4) is 0 Å². The van der Waals surface area contributed by atoms with Crippen LogP contribution in [0, 0.1) is 18.8 Å². The second-order valence-corrected chi connectivity index (χ2v) is 6.94. The van der Waals surface area contributed by atoms with Gasteiger partial charge in [0.1, 0.15) is 0 Å². The van der Waals surface area contributed by atoms with Crippen LogP contribution in [0.5, 0.6) is 0 Å². The molecular formula is C18H24ClN5O. The van der Waals surface area contributed by atoms with Crippen molar-refractivity contribution in [1.82, 2.24) is 25.2 Å². The smallest absolute Gasteiger partial charge is 0.276 e. The summed E-state index contributed by atoms with van der Waals surface area (Å²) >= 11 is 0. The Morgan fingerprint density at radius 3 is 2.60 bits per heavy atom. The van der Waals surface area contributed by atoms with Gasteiger partial charge in [-0.1, -0.05) is 17.3 Å². The molecule has 6 nitrogen and oxygen atoms in total. The number of fused-ring (bicyclic) bond motifs is 1. The minimum atomic E-state index is 0. The molecule has 2 atom stereocenters. The van der Waals surface area contributed by atoms with Crippen molar-refractivity contribution in [2.75, 3.05) is 26.2 Å². The van der Waals surface area contributed by atoms with Crippen LogP contribution < -0.4 is 5.32 Å². The van der Waals surface area contributed by atoms with E-state index in [9.17, 15) is 4.79 Å². The zero-order valence-electron chi connectivity index (χ0n) is 14.4. The molecule has 7 heteroatoms. The average molecular weight is 362 g/mol. The highest BCUT2D eigenvalue weighted by Crippen LogP contribution is 2.27. The Balaban J connectivity index is 0.00000182. The van der Waals surface area contributed by atoms with E-state index in [1.165, 1.54) is 0 Å². The molecule has 2 fully saturated rings. The molecule has 0 saturated carbocycles. The number of likely N-dealkylation sites (tertiary alicyclic amines) is 1. The predicted molar refractivity (Wildman–Crippen MR) is 98.3 cm³/mol. The molecule has 134 valence electrons. The number of carbonyl (C=O) groups excluding carboxylic acids is 1. The monoisotopic (exact) mass is 361 g/mol. The number of hydrogen-bond acceptors (Lipinski definition) is 4. The van der Waals surface area contributed by atoms with Gasteiger partial charge in [-0.25, -0.2) is 4.68 Å². The van der Waals surface area contributed by atoms with Gasteiger partial charge in [0.2, 0.25) is 0 Å². The van der Waals surface area contributed by atoms with Gasteiger partial charge in [-0.2, -0.15) is 0 Å². The standard InChI is InChI=1S/C18H23N5O.ClH/c1-13-3-2-4-16(9-13)23-12-17(20-21-23)18(24)22-7-5-14-10-19-11-15(14)6-8-22;/h2-4,9,12,14-15,19H,5-8,10-11H2,1H3;1H/t14-,15+;.